The van der Waals surface area contributed by atoms with Crippen LogP contribution in [0.25, 0.3) is 0 Å². The van der Waals surface area contributed by atoms with Crippen molar-refractivity contribution in [2.45, 2.75) is 33.7 Å². The molecule has 0 heterocycles. The maximum atomic E-state index is 13.7. The molecule has 10 heteroatoms. The number of halogens is 1. The third-order valence-corrected chi connectivity index (χ3v) is 6.97. The molecule has 1 aromatic carbocycles. The minimum absolute atomic E-state index is 0.0108. The molecular formula is C21H31ClNO7P. The summed E-state index contributed by atoms with van der Waals surface area (Å²) in [5.41, 5.74) is 0.486. The summed E-state index contributed by atoms with van der Waals surface area (Å²) in [5.74, 6) is -1.83. The van der Waals surface area contributed by atoms with E-state index in [0.29, 0.717) is 23.7 Å². The highest BCUT2D eigenvalue weighted by Gasteiger charge is 2.44. The maximum Gasteiger partial charge on any atom is 0.369 e. The first-order valence-electron chi connectivity index (χ1n) is 10.0. The Balaban J connectivity index is 4.07. The number of esters is 2. The average Bonchev–Trinajstić information content (AvgIpc) is 2.76. The Labute approximate surface area is 189 Å². The molecule has 174 valence electrons. The minimum Gasteiger partial charge on any atom is -0.466 e. The van der Waals surface area contributed by atoms with Gasteiger partial charge in [0, 0.05) is 5.02 Å². The van der Waals surface area contributed by atoms with Crippen LogP contribution in [-0.4, -0.2) is 57.4 Å². The van der Waals surface area contributed by atoms with Gasteiger partial charge in [-0.05, 0) is 44.6 Å². The fourth-order valence-corrected chi connectivity index (χ4v) is 5.18. The van der Waals surface area contributed by atoms with Crippen LogP contribution in [0.2, 0.25) is 5.02 Å². The van der Waals surface area contributed by atoms with E-state index in [1.54, 1.807) is 38.1 Å². The van der Waals surface area contributed by atoms with Crippen LogP contribution in [0, 0.1) is 0 Å². The van der Waals surface area contributed by atoms with E-state index in [1.165, 1.54) is 7.11 Å². The monoisotopic (exact) mass is 475 g/mol. The largest absolute Gasteiger partial charge is 0.466 e. The van der Waals surface area contributed by atoms with Gasteiger partial charge in [-0.3, -0.25) is 9.46 Å². The maximum absolute atomic E-state index is 13.7. The Morgan fingerprint density at radius 1 is 0.935 bits per heavy atom. The highest BCUT2D eigenvalue weighted by molar-refractivity contribution is 7.60. The summed E-state index contributed by atoms with van der Waals surface area (Å²) in [6, 6.07) is 6.02. The standard InChI is InChI=1S/C21H31ClNO7P/c1-7-23(8-2)18(15-11-13-16(22)14-12-15)17(20(24)27-5)19(21(25)28-6)31(26,29-9-3)30-10-4/h11-14,18H,7-10H2,1-6H3/b19-17-. The number of benzene rings is 1. The Morgan fingerprint density at radius 3 is 1.81 bits per heavy atom. The number of rotatable bonds is 12. The first kappa shape index (κ1) is 27.3. The zero-order valence-electron chi connectivity index (χ0n) is 18.8. The molecule has 0 bridgehead atoms. The van der Waals surface area contributed by atoms with Crippen LogP contribution in [0.5, 0.6) is 0 Å². The first-order chi connectivity index (χ1) is 14.7. The molecule has 0 saturated carbocycles. The lowest BCUT2D eigenvalue weighted by molar-refractivity contribution is -0.139. The highest BCUT2D eigenvalue weighted by Crippen LogP contribution is 2.59. The number of hydrogen-bond acceptors (Lipinski definition) is 8. The Bertz CT molecular complexity index is 812. The Kier molecular flexibility index (Phi) is 11.5. The lowest BCUT2D eigenvalue weighted by Crippen LogP contribution is -2.34. The quantitative estimate of drug-likeness (QED) is 0.246. The molecule has 0 aromatic heterocycles. The molecule has 0 fully saturated rings. The third kappa shape index (κ3) is 6.64. The summed E-state index contributed by atoms with van der Waals surface area (Å²) in [6.07, 6.45) is 0. The molecule has 1 aromatic rings. The van der Waals surface area contributed by atoms with Crippen LogP contribution in [0.1, 0.15) is 39.3 Å². The van der Waals surface area contributed by atoms with Crippen molar-refractivity contribution in [3.63, 3.8) is 0 Å². The Hall–Kier alpha value is -1.70. The van der Waals surface area contributed by atoms with Crippen molar-refractivity contribution in [3.8, 4) is 0 Å². The SMILES string of the molecule is CCOP(=O)(OCC)/C(C(=O)OC)=C(\C(=O)OC)C(c1ccc(Cl)cc1)N(CC)CC. The smallest absolute Gasteiger partial charge is 0.369 e. The van der Waals surface area contributed by atoms with Gasteiger partial charge >= 0.3 is 19.5 Å². The zero-order valence-corrected chi connectivity index (χ0v) is 20.5. The van der Waals surface area contributed by atoms with Crippen molar-refractivity contribution < 1.29 is 32.7 Å². The summed E-state index contributed by atoms with van der Waals surface area (Å²) < 4.78 is 34.5. The first-order valence-corrected chi connectivity index (χ1v) is 12.0. The molecule has 0 spiro atoms. The van der Waals surface area contributed by atoms with E-state index >= 15 is 0 Å². The van der Waals surface area contributed by atoms with E-state index in [4.69, 9.17) is 30.1 Å². The predicted molar refractivity (Wildman–Crippen MR) is 119 cm³/mol. The van der Waals surface area contributed by atoms with Crippen LogP contribution in [0.4, 0.5) is 0 Å². The molecule has 0 aliphatic heterocycles. The van der Waals surface area contributed by atoms with Crippen molar-refractivity contribution in [1.82, 2.24) is 4.90 Å². The van der Waals surface area contributed by atoms with Crippen LogP contribution in [0.15, 0.2) is 35.2 Å². The lowest BCUT2D eigenvalue weighted by atomic mass is 9.96. The molecule has 1 rings (SSSR count). The molecule has 0 aliphatic rings. The molecular weight excluding hydrogens is 445 g/mol. The summed E-state index contributed by atoms with van der Waals surface area (Å²) in [4.78, 5) is 27.9. The molecule has 1 unspecified atom stereocenters. The summed E-state index contributed by atoms with van der Waals surface area (Å²) in [5, 5.41) is 0.0329. The van der Waals surface area contributed by atoms with Gasteiger partial charge < -0.3 is 18.5 Å². The average molecular weight is 476 g/mol. The van der Waals surface area contributed by atoms with Gasteiger partial charge in [0.2, 0.25) is 0 Å². The molecule has 1 atom stereocenters. The van der Waals surface area contributed by atoms with Crippen LogP contribution in [-0.2, 0) is 32.7 Å². The normalized spacial score (nSPS) is 13.5. The summed E-state index contributed by atoms with van der Waals surface area (Å²) in [6.45, 7) is 8.05. The number of nitrogens with zero attached hydrogens (tertiary/aromatic N) is 1. The molecule has 0 aliphatic carbocycles. The Morgan fingerprint density at radius 2 is 1.42 bits per heavy atom. The lowest BCUT2D eigenvalue weighted by Gasteiger charge is -2.33. The third-order valence-electron chi connectivity index (χ3n) is 4.55. The van der Waals surface area contributed by atoms with Crippen molar-refractivity contribution in [2.24, 2.45) is 0 Å². The van der Waals surface area contributed by atoms with Crippen LogP contribution in [0.3, 0.4) is 0 Å². The van der Waals surface area contributed by atoms with Crippen LogP contribution < -0.4 is 0 Å². The number of carbonyl (C=O) groups excluding carboxylic acids is 2. The van der Waals surface area contributed by atoms with E-state index in [-0.39, 0.29) is 18.8 Å². The molecule has 0 N–H and O–H groups in total. The summed E-state index contributed by atoms with van der Waals surface area (Å²) in [7, 11) is -1.90. The van der Waals surface area contributed by atoms with E-state index in [2.05, 4.69) is 0 Å². The second kappa shape index (κ2) is 13.0. The second-order valence-corrected chi connectivity index (χ2v) is 8.65. The van der Waals surface area contributed by atoms with Gasteiger partial charge in [0.15, 0.2) is 5.31 Å². The van der Waals surface area contributed by atoms with Gasteiger partial charge in [-0.2, -0.15) is 0 Å². The number of ether oxygens (including phenoxy) is 2. The summed E-state index contributed by atoms with van der Waals surface area (Å²) >= 11 is 6.05. The minimum atomic E-state index is -4.22. The number of hydrogen-bond donors (Lipinski definition) is 0. The zero-order chi connectivity index (χ0) is 23.6. The van der Waals surface area contributed by atoms with Crippen molar-refractivity contribution >= 4 is 31.1 Å². The van der Waals surface area contributed by atoms with Gasteiger partial charge in [0.1, 0.15) is 0 Å². The number of methoxy groups -OCH3 is 2. The predicted octanol–water partition coefficient (Wildman–Crippen LogP) is 4.59. The van der Waals surface area contributed by atoms with E-state index < -0.39 is 30.9 Å². The van der Waals surface area contributed by atoms with Crippen molar-refractivity contribution in [2.75, 3.05) is 40.5 Å². The fourth-order valence-electron chi connectivity index (χ4n) is 3.21. The molecule has 0 saturated heterocycles. The highest BCUT2D eigenvalue weighted by atomic mass is 35.5. The fraction of sp³-hybridized carbons (Fsp3) is 0.524. The van der Waals surface area contributed by atoms with Gasteiger partial charge in [-0.1, -0.05) is 37.6 Å². The van der Waals surface area contributed by atoms with E-state index in [0.717, 1.165) is 7.11 Å². The van der Waals surface area contributed by atoms with E-state index in [1.807, 2.05) is 18.7 Å². The van der Waals surface area contributed by atoms with Gasteiger partial charge in [0.25, 0.3) is 0 Å². The van der Waals surface area contributed by atoms with Gasteiger partial charge in [-0.15, -0.1) is 0 Å². The van der Waals surface area contributed by atoms with E-state index in [9.17, 15) is 14.2 Å². The van der Waals surface area contributed by atoms with Gasteiger partial charge in [0.05, 0.1) is 39.0 Å². The topological polar surface area (TPSA) is 91.4 Å². The van der Waals surface area contributed by atoms with Crippen LogP contribution >= 0.6 is 19.2 Å². The van der Waals surface area contributed by atoms with Gasteiger partial charge in [-0.25, -0.2) is 9.59 Å². The molecule has 0 amide bonds. The second-order valence-electron chi connectivity index (χ2n) is 6.25. The number of carbonyl (C=O) groups is 2. The number of likely N-dealkylation sites (N-methyl/N-ethyl adjacent to an activating group) is 1. The molecule has 31 heavy (non-hydrogen) atoms. The van der Waals surface area contributed by atoms with Crippen molar-refractivity contribution in [1.29, 1.82) is 0 Å². The molecule has 8 nitrogen and oxygen atoms in total. The van der Waals surface area contributed by atoms with Crippen molar-refractivity contribution in [3.05, 3.63) is 45.7 Å². The molecule has 0 radical (unpaired) electrons.